The van der Waals surface area contributed by atoms with Crippen LogP contribution in [0.25, 0.3) is 5.69 Å². The van der Waals surface area contributed by atoms with Crippen LogP contribution in [0.3, 0.4) is 0 Å². The molecule has 19 heavy (non-hydrogen) atoms. The van der Waals surface area contributed by atoms with Crippen LogP contribution in [0.5, 0.6) is 0 Å². The number of halogens is 2. The Morgan fingerprint density at radius 1 is 1.32 bits per heavy atom. The molecule has 0 bridgehead atoms. The van der Waals surface area contributed by atoms with Crippen LogP contribution in [0, 0.1) is 5.92 Å². The average Bonchev–Trinajstić information content (AvgIpc) is 2.73. The predicted octanol–water partition coefficient (Wildman–Crippen LogP) is 3.94. The number of fused-ring (bicyclic) bond motifs is 1. The molecule has 0 unspecified atom stereocenters. The van der Waals surface area contributed by atoms with Crippen LogP contribution in [0.4, 0.5) is 0 Å². The van der Waals surface area contributed by atoms with E-state index in [0.717, 1.165) is 17.8 Å². The lowest BCUT2D eigenvalue weighted by Crippen LogP contribution is -2.19. The van der Waals surface area contributed by atoms with Gasteiger partial charge in [-0.2, -0.15) is 5.10 Å². The van der Waals surface area contributed by atoms with Gasteiger partial charge in [-0.25, -0.2) is 4.68 Å². The van der Waals surface area contributed by atoms with Gasteiger partial charge in [-0.05, 0) is 30.5 Å². The van der Waals surface area contributed by atoms with Crippen molar-refractivity contribution in [1.29, 1.82) is 0 Å². The summed E-state index contributed by atoms with van der Waals surface area (Å²) in [5, 5.41) is 5.43. The van der Waals surface area contributed by atoms with Crippen molar-refractivity contribution < 1.29 is 4.79 Å². The molecule has 0 fully saturated rings. The Bertz CT molecular complexity index is 663. The highest BCUT2D eigenvalue weighted by Gasteiger charge is 2.27. The van der Waals surface area contributed by atoms with Crippen LogP contribution >= 0.6 is 23.2 Å². The molecule has 1 heterocycles. The van der Waals surface area contributed by atoms with Crippen LogP contribution in [0.2, 0.25) is 10.0 Å². The lowest BCUT2D eigenvalue weighted by Gasteiger charge is -2.19. The molecular formula is C14H12Cl2N2O. The Kier molecular flexibility index (Phi) is 3.11. The monoisotopic (exact) mass is 294 g/mol. The van der Waals surface area contributed by atoms with Gasteiger partial charge in [-0.3, -0.25) is 4.79 Å². The Balaban J connectivity index is 2.14. The molecule has 98 valence electrons. The normalized spacial score (nSPS) is 18.5. The van der Waals surface area contributed by atoms with Gasteiger partial charge in [0, 0.05) is 11.4 Å². The number of benzene rings is 1. The second kappa shape index (κ2) is 4.66. The van der Waals surface area contributed by atoms with Crippen LogP contribution in [0.1, 0.15) is 29.4 Å². The average molecular weight is 295 g/mol. The molecule has 3 nitrogen and oxygen atoms in total. The molecule has 0 N–H and O–H groups in total. The Morgan fingerprint density at radius 2 is 2.11 bits per heavy atom. The van der Waals surface area contributed by atoms with E-state index in [-0.39, 0.29) is 5.78 Å². The molecule has 1 aliphatic carbocycles. The number of carbonyl (C=O) groups is 1. The molecule has 2 aromatic rings. The van der Waals surface area contributed by atoms with Crippen molar-refractivity contribution in [2.75, 3.05) is 0 Å². The molecule has 5 heteroatoms. The van der Waals surface area contributed by atoms with Gasteiger partial charge in [0.25, 0.3) is 0 Å². The number of nitrogens with zero attached hydrogens (tertiary/aromatic N) is 2. The maximum absolute atomic E-state index is 12.0. The van der Waals surface area contributed by atoms with E-state index in [9.17, 15) is 4.79 Å². The fourth-order valence-electron chi connectivity index (χ4n) is 2.49. The predicted molar refractivity (Wildman–Crippen MR) is 75.4 cm³/mol. The molecule has 0 saturated carbocycles. The molecule has 1 aromatic heterocycles. The molecule has 0 radical (unpaired) electrons. The number of carbonyl (C=O) groups excluding carboxylic acids is 1. The van der Waals surface area contributed by atoms with Crippen LogP contribution in [-0.2, 0) is 6.42 Å². The number of rotatable bonds is 1. The van der Waals surface area contributed by atoms with Gasteiger partial charge in [0.1, 0.15) is 0 Å². The first-order valence-corrected chi connectivity index (χ1v) is 6.87. The zero-order valence-electron chi connectivity index (χ0n) is 10.4. The Hall–Kier alpha value is -1.32. The number of Topliss-reactive ketones (excluding diaryl/α,β-unsaturated/α-hetero) is 1. The lowest BCUT2D eigenvalue weighted by atomic mass is 9.88. The standard InChI is InChI=1S/C14H12Cl2N2O/c1-8-4-13-10(14(19)5-8)7-17-18(13)12-3-2-9(15)6-11(12)16/h2-3,6-8H,4-5H2,1H3/t8-/m0/s1. The molecule has 1 atom stereocenters. The Labute approximate surface area is 121 Å². The van der Waals surface area contributed by atoms with E-state index in [4.69, 9.17) is 23.2 Å². The lowest BCUT2D eigenvalue weighted by molar-refractivity contribution is 0.0952. The Morgan fingerprint density at radius 3 is 2.84 bits per heavy atom. The highest BCUT2D eigenvalue weighted by atomic mass is 35.5. The minimum atomic E-state index is 0.157. The topological polar surface area (TPSA) is 34.9 Å². The van der Waals surface area contributed by atoms with Gasteiger partial charge >= 0.3 is 0 Å². The highest BCUT2D eigenvalue weighted by Crippen LogP contribution is 2.30. The second-order valence-electron chi connectivity index (χ2n) is 4.95. The van der Waals surface area contributed by atoms with Gasteiger partial charge < -0.3 is 0 Å². The largest absolute Gasteiger partial charge is 0.294 e. The molecule has 0 saturated heterocycles. The molecule has 1 aromatic carbocycles. The third-order valence-electron chi connectivity index (χ3n) is 3.38. The first kappa shape index (κ1) is 12.7. The summed E-state index contributed by atoms with van der Waals surface area (Å²) in [5.74, 6) is 0.492. The summed E-state index contributed by atoms with van der Waals surface area (Å²) in [6, 6.07) is 5.27. The van der Waals surface area contributed by atoms with Crippen molar-refractivity contribution in [1.82, 2.24) is 9.78 Å². The third-order valence-corrected chi connectivity index (χ3v) is 3.92. The number of aromatic nitrogens is 2. The molecule has 0 amide bonds. The van der Waals surface area contributed by atoms with E-state index < -0.39 is 0 Å². The quantitative estimate of drug-likeness (QED) is 0.798. The van der Waals surface area contributed by atoms with Crippen molar-refractivity contribution >= 4 is 29.0 Å². The SMILES string of the molecule is C[C@@H]1CC(=O)c2cnn(-c3ccc(Cl)cc3Cl)c2C1. The molecule has 3 rings (SSSR count). The van der Waals surface area contributed by atoms with E-state index in [1.54, 1.807) is 23.0 Å². The van der Waals surface area contributed by atoms with Crippen molar-refractivity contribution in [3.8, 4) is 5.69 Å². The minimum Gasteiger partial charge on any atom is -0.294 e. The van der Waals surface area contributed by atoms with Crippen LogP contribution in [0.15, 0.2) is 24.4 Å². The van der Waals surface area contributed by atoms with Gasteiger partial charge in [-0.15, -0.1) is 0 Å². The van der Waals surface area contributed by atoms with Gasteiger partial charge in [0.15, 0.2) is 5.78 Å². The highest BCUT2D eigenvalue weighted by molar-refractivity contribution is 6.35. The summed E-state index contributed by atoms with van der Waals surface area (Å²) >= 11 is 12.1. The molecule has 0 aliphatic heterocycles. The van der Waals surface area contributed by atoms with E-state index in [1.807, 2.05) is 6.07 Å². The summed E-state index contributed by atoms with van der Waals surface area (Å²) in [6.07, 6.45) is 3.06. The van der Waals surface area contributed by atoms with Crippen molar-refractivity contribution in [3.05, 3.63) is 45.7 Å². The molecular weight excluding hydrogens is 283 g/mol. The van der Waals surface area contributed by atoms with Gasteiger partial charge in [-0.1, -0.05) is 30.1 Å². The zero-order chi connectivity index (χ0) is 13.6. The van der Waals surface area contributed by atoms with E-state index in [0.29, 0.717) is 27.9 Å². The number of hydrogen-bond acceptors (Lipinski definition) is 2. The van der Waals surface area contributed by atoms with Crippen LogP contribution < -0.4 is 0 Å². The maximum atomic E-state index is 12.0. The van der Waals surface area contributed by atoms with E-state index in [2.05, 4.69) is 12.0 Å². The first-order valence-electron chi connectivity index (χ1n) is 6.12. The molecule has 0 spiro atoms. The van der Waals surface area contributed by atoms with E-state index in [1.165, 1.54) is 0 Å². The summed E-state index contributed by atoms with van der Waals surface area (Å²) in [6.45, 7) is 2.07. The fraction of sp³-hybridized carbons (Fsp3) is 0.286. The maximum Gasteiger partial charge on any atom is 0.166 e. The smallest absolute Gasteiger partial charge is 0.166 e. The minimum absolute atomic E-state index is 0.157. The first-order chi connectivity index (χ1) is 9.06. The van der Waals surface area contributed by atoms with Crippen LogP contribution in [-0.4, -0.2) is 15.6 Å². The summed E-state index contributed by atoms with van der Waals surface area (Å²) < 4.78 is 1.75. The zero-order valence-corrected chi connectivity index (χ0v) is 11.9. The van der Waals surface area contributed by atoms with Crippen molar-refractivity contribution in [2.24, 2.45) is 5.92 Å². The second-order valence-corrected chi connectivity index (χ2v) is 5.79. The summed E-state index contributed by atoms with van der Waals surface area (Å²) in [7, 11) is 0. The van der Waals surface area contributed by atoms with Crippen molar-refractivity contribution in [2.45, 2.75) is 19.8 Å². The van der Waals surface area contributed by atoms with Crippen molar-refractivity contribution in [3.63, 3.8) is 0 Å². The molecule has 1 aliphatic rings. The summed E-state index contributed by atoms with van der Waals surface area (Å²) in [5.41, 5.74) is 2.41. The number of ketones is 1. The van der Waals surface area contributed by atoms with E-state index >= 15 is 0 Å². The third kappa shape index (κ3) is 2.17. The van der Waals surface area contributed by atoms with Gasteiger partial charge in [0.05, 0.1) is 28.2 Å². The van der Waals surface area contributed by atoms with Gasteiger partial charge in [0.2, 0.25) is 0 Å². The fourth-order valence-corrected chi connectivity index (χ4v) is 2.98. The summed E-state index contributed by atoms with van der Waals surface area (Å²) in [4.78, 5) is 12.0. The number of hydrogen-bond donors (Lipinski definition) is 0.